The van der Waals surface area contributed by atoms with E-state index in [0.717, 1.165) is 36.8 Å². The van der Waals surface area contributed by atoms with Gasteiger partial charge in [0.15, 0.2) is 0 Å². The van der Waals surface area contributed by atoms with Crippen LogP contribution in [0.1, 0.15) is 78.4 Å². The summed E-state index contributed by atoms with van der Waals surface area (Å²) < 4.78 is 36.0. The van der Waals surface area contributed by atoms with E-state index in [1.54, 1.807) is 0 Å². The van der Waals surface area contributed by atoms with Gasteiger partial charge in [-0.3, -0.25) is 4.55 Å². The van der Waals surface area contributed by atoms with Gasteiger partial charge in [-0.05, 0) is 83.5 Å². The number of hydrogen-bond acceptors (Lipinski definition) is 2. The minimum Gasteiger partial charge on any atom is -0.282 e. The summed E-state index contributed by atoms with van der Waals surface area (Å²) in [5.41, 5.74) is 3.57. The second-order valence-corrected chi connectivity index (χ2v) is 11.6. The molecule has 0 fully saturated rings. The average Bonchev–Trinajstić information content (AvgIpc) is 2.66. The molecule has 1 N–H and O–H groups in total. The normalized spacial score (nSPS) is 27.9. The molecule has 3 nitrogen and oxygen atoms in total. The van der Waals surface area contributed by atoms with Gasteiger partial charge in [-0.1, -0.05) is 71.9 Å². The third-order valence-corrected chi connectivity index (χ3v) is 8.05. The molecule has 0 saturated carbocycles. The molecule has 0 aromatic heterocycles. The first-order valence-electron chi connectivity index (χ1n) is 11.5. The maximum absolute atomic E-state index is 12.8. The molecule has 30 heavy (non-hydrogen) atoms. The van der Waals surface area contributed by atoms with Crippen LogP contribution in [0.5, 0.6) is 0 Å². The van der Waals surface area contributed by atoms with E-state index in [4.69, 9.17) is 0 Å². The molecule has 0 spiro atoms. The molecule has 3 rings (SSSR count). The molecule has 0 saturated heterocycles. The van der Waals surface area contributed by atoms with Crippen LogP contribution in [0, 0.1) is 35.5 Å². The number of rotatable bonds is 5. The third-order valence-electron chi connectivity index (χ3n) is 7.10. The summed E-state index contributed by atoms with van der Waals surface area (Å²) in [4.78, 5) is 0.113. The Morgan fingerprint density at radius 1 is 0.800 bits per heavy atom. The van der Waals surface area contributed by atoms with Crippen LogP contribution >= 0.6 is 0 Å². The molecule has 1 aromatic rings. The maximum Gasteiger partial charge on any atom is 0.295 e. The zero-order valence-electron chi connectivity index (χ0n) is 19.4. The smallest absolute Gasteiger partial charge is 0.282 e. The van der Waals surface area contributed by atoms with Gasteiger partial charge in [-0.2, -0.15) is 8.42 Å². The number of hydrogen-bond donors (Lipinski definition) is 1. The molecule has 0 radical (unpaired) electrons. The molecule has 2 aliphatic carbocycles. The Hall–Kier alpha value is -1.39. The van der Waals surface area contributed by atoms with E-state index in [2.05, 4.69) is 53.7 Å². The predicted molar refractivity (Wildman–Crippen MR) is 126 cm³/mol. The monoisotopic (exact) mass is 430 g/mol. The third kappa shape index (κ3) is 4.75. The van der Waals surface area contributed by atoms with Gasteiger partial charge in [0.25, 0.3) is 10.1 Å². The van der Waals surface area contributed by atoms with E-state index in [0.29, 0.717) is 46.6 Å². The quantitative estimate of drug-likeness (QED) is 0.507. The van der Waals surface area contributed by atoms with Gasteiger partial charge in [-0.25, -0.2) is 0 Å². The molecule has 4 atom stereocenters. The van der Waals surface area contributed by atoms with Gasteiger partial charge >= 0.3 is 0 Å². The first-order valence-corrected chi connectivity index (χ1v) is 13.0. The molecule has 0 bridgehead atoms. The van der Waals surface area contributed by atoms with E-state index in [-0.39, 0.29) is 4.90 Å². The molecule has 2 aliphatic rings. The molecule has 1 aromatic carbocycles. The fourth-order valence-electron chi connectivity index (χ4n) is 5.46. The standard InChI is InChI=1S/C26H38O3S/c1-16(2)20-12-10-18(5)14-24(20)22-8-7-9-23(26(22)30(27,28)29)25-15-19(6)11-13-21(25)17(3)4/h7-9,14-21H,10-13H2,1-6H3,(H,27,28,29)/t18-,19-,20+,21+/m1/s1. The second-order valence-electron chi connectivity index (χ2n) is 10.2. The highest BCUT2D eigenvalue weighted by molar-refractivity contribution is 7.86. The molecule has 4 heteroatoms. The highest BCUT2D eigenvalue weighted by Gasteiger charge is 2.33. The Labute approximate surface area is 183 Å². The Kier molecular flexibility index (Phi) is 6.98. The maximum atomic E-state index is 12.8. The van der Waals surface area contributed by atoms with Gasteiger partial charge in [-0.15, -0.1) is 0 Å². The summed E-state index contributed by atoms with van der Waals surface area (Å²) in [6.07, 6.45) is 8.80. The first-order chi connectivity index (χ1) is 14.0. The van der Waals surface area contributed by atoms with Crippen molar-refractivity contribution < 1.29 is 13.0 Å². The topological polar surface area (TPSA) is 54.4 Å². The predicted octanol–water partition coefficient (Wildman–Crippen LogP) is 7.10. The van der Waals surface area contributed by atoms with Crippen LogP contribution in [0.4, 0.5) is 0 Å². The van der Waals surface area contributed by atoms with Gasteiger partial charge in [0.1, 0.15) is 4.90 Å². The van der Waals surface area contributed by atoms with Crippen molar-refractivity contribution in [2.24, 2.45) is 35.5 Å². The zero-order valence-corrected chi connectivity index (χ0v) is 20.2. The highest BCUT2D eigenvalue weighted by atomic mass is 32.2. The van der Waals surface area contributed by atoms with Crippen LogP contribution in [0.25, 0.3) is 11.1 Å². The molecule has 0 amide bonds. The molecular formula is C26H38O3S. The van der Waals surface area contributed by atoms with Gasteiger partial charge < -0.3 is 0 Å². The summed E-state index contributed by atoms with van der Waals surface area (Å²) in [5, 5.41) is 0. The summed E-state index contributed by atoms with van der Waals surface area (Å²) in [6.45, 7) is 13.2. The lowest BCUT2D eigenvalue weighted by molar-refractivity contribution is 0.394. The lowest BCUT2D eigenvalue weighted by Crippen LogP contribution is -2.21. The minimum absolute atomic E-state index is 0.113. The van der Waals surface area contributed by atoms with Crippen molar-refractivity contribution >= 4 is 21.3 Å². The van der Waals surface area contributed by atoms with Crippen molar-refractivity contribution in [2.75, 3.05) is 0 Å². The second kappa shape index (κ2) is 9.00. The van der Waals surface area contributed by atoms with Crippen molar-refractivity contribution in [3.05, 3.63) is 41.5 Å². The summed E-state index contributed by atoms with van der Waals surface area (Å²) in [5.74, 6) is 2.25. The van der Waals surface area contributed by atoms with Crippen LogP contribution < -0.4 is 0 Å². The van der Waals surface area contributed by atoms with Crippen LogP contribution in [0.15, 0.2) is 35.2 Å². The van der Waals surface area contributed by atoms with Gasteiger partial charge in [0.2, 0.25) is 0 Å². The lowest BCUT2D eigenvalue weighted by Gasteiger charge is -2.34. The molecule has 0 heterocycles. The Bertz CT molecular complexity index is 879. The molecule has 0 unspecified atom stereocenters. The summed E-state index contributed by atoms with van der Waals surface area (Å²) in [6, 6.07) is 5.75. The van der Waals surface area contributed by atoms with Crippen molar-refractivity contribution in [3.8, 4) is 0 Å². The average molecular weight is 431 g/mol. The first kappa shape index (κ1) is 23.3. The fourth-order valence-corrected chi connectivity index (χ4v) is 6.38. The van der Waals surface area contributed by atoms with Crippen LogP contribution in [-0.2, 0) is 10.1 Å². The largest absolute Gasteiger partial charge is 0.295 e. The summed E-state index contributed by atoms with van der Waals surface area (Å²) in [7, 11) is -4.38. The highest BCUT2D eigenvalue weighted by Crippen LogP contribution is 2.46. The van der Waals surface area contributed by atoms with Crippen molar-refractivity contribution in [1.82, 2.24) is 0 Å². The van der Waals surface area contributed by atoms with E-state index in [1.165, 1.54) is 0 Å². The Morgan fingerprint density at radius 2 is 1.20 bits per heavy atom. The van der Waals surface area contributed by atoms with Gasteiger partial charge in [0, 0.05) is 0 Å². The lowest BCUT2D eigenvalue weighted by atomic mass is 9.72. The van der Waals surface area contributed by atoms with Crippen molar-refractivity contribution in [1.29, 1.82) is 0 Å². The minimum atomic E-state index is -4.38. The zero-order chi connectivity index (χ0) is 22.2. The van der Waals surface area contributed by atoms with Crippen LogP contribution in [-0.4, -0.2) is 13.0 Å². The van der Waals surface area contributed by atoms with E-state index >= 15 is 0 Å². The Balaban J connectivity index is 2.28. The number of allylic oxidation sites excluding steroid dienone is 4. The number of benzene rings is 1. The van der Waals surface area contributed by atoms with Crippen molar-refractivity contribution in [2.45, 2.75) is 72.1 Å². The molecule has 0 aliphatic heterocycles. The van der Waals surface area contributed by atoms with Crippen LogP contribution in [0.2, 0.25) is 0 Å². The van der Waals surface area contributed by atoms with Crippen molar-refractivity contribution in [3.63, 3.8) is 0 Å². The van der Waals surface area contributed by atoms with Gasteiger partial charge in [0.05, 0.1) is 0 Å². The van der Waals surface area contributed by atoms with E-state index in [9.17, 15) is 13.0 Å². The fraction of sp³-hybridized carbons (Fsp3) is 0.615. The SMILES string of the molecule is CC(C)[C@@H]1CC[C@@H](C)C=C1c1cccc(C2=C[C@H](C)CC[C@H]2C(C)C)c1S(=O)(=O)O. The van der Waals surface area contributed by atoms with Crippen LogP contribution in [0.3, 0.4) is 0 Å². The van der Waals surface area contributed by atoms with E-state index < -0.39 is 10.1 Å². The Morgan fingerprint density at radius 3 is 1.53 bits per heavy atom. The summed E-state index contributed by atoms with van der Waals surface area (Å²) >= 11 is 0. The molecule has 166 valence electrons. The van der Waals surface area contributed by atoms with E-state index in [1.807, 2.05) is 18.2 Å². The molecular weight excluding hydrogens is 392 g/mol.